The van der Waals surface area contributed by atoms with E-state index in [0.29, 0.717) is 12.3 Å². The number of halogens is 11. The van der Waals surface area contributed by atoms with E-state index < -0.39 is 221 Å². The molecule has 1 saturated carbocycles. The van der Waals surface area contributed by atoms with Crippen LogP contribution in [0.15, 0.2) is 54.6 Å². The van der Waals surface area contributed by atoms with Crippen molar-refractivity contribution in [3.05, 3.63) is 122 Å². The van der Waals surface area contributed by atoms with E-state index in [9.17, 15) is 68.9 Å². The summed E-state index contributed by atoms with van der Waals surface area (Å²) in [4.78, 5) is 81.4. The number of nitrogens with zero attached hydrogens (tertiary/aromatic N) is 6. The number of sulfone groups is 1. The SMILES string of the molecule is Cc1cc(CC(=O)N[C@@H](CC(=O)O)C(=O)O)c(C(C)(C)CC(=O)N(c2nn(CC(F)(F)F)c3c(-c4ccc(C#CC(C)(C)S(C)(=O)=O)nc4[C@H](Cc4cc(F)cc(F)c4)NC(=O)Cn4nc(C(F)(F)F)c5c4C(F)(F)[C@@H]4C[C@H]54)ccc(Cl)c23)S(C)(=O)=O)c(OP(C)(=O)O)c1. The number of carbonyl (C=O) groups excluding carboxylic acids is 3. The Morgan fingerprint density at radius 1 is 0.894 bits per heavy atom. The van der Waals surface area contributed by atoms with Crippen LogP contribution in [0.25, 0.3) is 22.0 Å². The molecule has 0 saturated heterocycles. The molecular weight excluding hydrogens is 1350 g/mol. The highest BCUT2D eigenvalue weighted by molar-refractivity contribution is 7.93. The van der Waals surface area contributed by atoms with E-state index in [2.05, 4.69) is 32.3 Å². The second-order valence-electron chi connectivity index (χ2n) is 23.9. The summed E-state index contributed by atoms with van der Waals surface area (Å²) in [6.07, 6.45) is -13.5. The second kappa shape index (κ2) is 25.2. The quantitative estimate of drug-likeness (QED) is 0.0240. The number of benzene rings is 3. The van der Waals surface area contributed by atoms with E-state index in [1.54, 1.807) is 0 Å². The van der Waals surface area contributed by atoms with Gasteiger partial charge < -0.3 is 30.3 Å². The fraction of sp³-hybridized carbons (Fsp3) is 0.414. The summed E-state index contributed by atoms with van der Waals surface area (Å²) in [5.41, 5.74) is -8.84. The van der Waals surface area contributed by atoms with Crippen molar-refractivity contribution in [1.82, 2.24) is 35.2 Å². The van der Waals surface area contributed by atoms with Gasteiger partial charge in [-0.3, -0.25) is 28.5 Å². The number of aliphatic carboxylic acids is 2. The van der Waals surface area contributed by atoms with Gasteiger partial charge in [0.05, 0.1) is 46.8 Å². The lowest BCUT2D eigenvalue weighted by Gasteiger charge is -2.32. The molecule has 0 aliphatic heterocycles. The normalized spacial score (nSPS) is 16.8. The number of carbonyl (C=O) groups is 5. The molecule has 3 aromatic heterocycles. The van der Waals surface area contributed by atoms with Gasteiger partial charge in [0, 0.05) is 59.0 Å². The van der Waals surface area contributed by atoms with Crippen LogP contribution >= 0.6 is 19.2 Å². The van der Waals surface area contributed by atoms with Crippen molar-refractivity contribution in [2.24, 2.45) is 5.92 Å². The van der Waals surface area contributed by atoms with Gasteiger partial charge in [0.1, 0.15) is 52.7 Å². The molecule has 0 bridgehead atoms. The van der Waals surface area contributed by atoms with Crippen LogP contribution < -0.4 is 19.5 Å². The van der Waals surface area contributed by atoms with Gasteiger partial charge in [-0.15, -0.1) is 0 Å². The maximum Gasteiger partial charge on any atom is 0.435 e. The number of anilines is 1. The number of carboxylic acids is 2. The van der Waals surface area contributed by atoms with E-state index in [-0.39, 0.29) is 48.0 Å². The van der Waals surface area contributed by atoms with Crippen LogP contribution in [0.5, 0.6) is 5.75 Å². The van der Waals surface area contributed by atoms with Crippen molar-refractivity contribution >= 4 is 85.4 Å². The highest BCUT2D eigenvalue weighted by Gasteiger charge is 2.68. The first-order chi connectivity index (χ1) is 43.0. The smallest absolute Gasteiger partial charge is 0.435 e. The highest BCUT2D eigenvalue weighted by atomic mass is 35.5. The summed E-state index contributed by atoms with van der Waals surface area (Å²) < 4.78 is 221. The first-order valence-electron chi connectivity index (χ1n) is 27.7. The molecule has 3 heterocycles. The molecule has 3 amide bonds. The predicted octanol–water partition coefficient (Wildman–Crippen LogP) is 9.04. The van der Waals surface area contributed by atoms with E-state index in [4.69, 9.17) is 16.1 Å². The Bertz CT molecular complexity index is 4480. The lowest BCUT2D eigenvalue weighted by molar-refractivity contribution is -0.147. The van der Waals surface area contributed by atoms with E-state index in [1.165, 1.54) is 46.8 Å². The Morgan fingerprint density at radius 3 is 2.09 bits per heavy atom. The molecule has 5 atom stereocenters. The molecule has 6 aromatic rings. The third-order valence-electron chi connectivity index (χ3n) is 15.3. The van der Waals surface area contributed by atoms with Crippen LogP contribution in [-0.4, -0.2) is 122 Å². The number of rotatable bonds is 22. The number of fused-ring (bicyclic) bond motifs is 4. The molecule has 1 unspecified atom stereocenters. The lowest BCUT2D eigenvalue weighted by atomic mass is 9.77. The minimum atomic E-state index is -5.30. The summed E-state index contributed by atoms with van der Waals surface area (Å²) in [6.45, 7) is 3.55. The second-order valence-corrected chi connectivity index (χ2v) is 30.5. The Kier molecular flexibility index (Phi) is 19.2. The number of amides is 3. The minimum absolute atomic E-state index is 0.0348. The van der Waals surface area contributed by atoms with Crippen molar-refractivity contribution in [3.63, 3.8) is 0 Å². The van der Waals surface area contributed by atoms with E-state index >= 15 is 35.5 Å². The molecule has 36 heteroatoms. The van der Waals surface area contributed by atoms with Crippen LogP contribution in [-0.2, 0) is 91.8 Å². The number of hydrogen-bond acceptors (Lipinski definition) is 14. The van der Waals surface area contributed by atoms with Crippen molar-refractivity contribution in [2.45, 2.75) is 126 Å². The monoisotopic (exact) mass is 1410 g/mol. The van der Waals surface area contributed by atoms with Gasteiger partial charge in [0.25, 0.3) is 5.92 Å². The van der Waals surface area contributed by atoms with Crippen molar-refractivity contribution < 1.29 is 109 Å². The summed E-state index contributed by atoms with van der Waals surface area (Å²) in [7, 11) is -13.8. The molecule has 94 heavy (non-hydrogen) atoms. The Labute approximate surface area is 533 Å². The summed E-state index contributed by atoms with van der Waals surface area (Å²) in [5, 5.41) is 29.4. The van der Waals surface area contributed by atoms with Crippen LogP contribution in [0.1, 0.15) is 110 Å². The molecule has 1 fully saturated rings. The average Bonchev–Trinajstić information content (AvgIpc) is 1.52. The largest absolute Gasteiger partial charge is 0.481 e. The summed E-state index contributed by atoms with van der Waals surface area (Å²) >= 11 is 6.83. The number of sulfonamides is 1. The number of aryl methyl sites for hydroxylation is 1. The number of carboxylic acid groups (broad SMARTS) is 2. The third-order valence-corrected chi connectivity index (χ3v) is 19.1. The number of alkyl halides is 8. The zero-order chi connectivity index (χ0) is 70.3. The third kappa shape index (κ3) is 15.6. The Morgan fingerprint density at radius 2 is 1.52 bits per heavy atom. The number of pyridine rings is 1. The topological polar surface area (TPSA) is 316 Å². The fourth-order valence-corrected chi connectivity index (χ4v) is 13.0. The first kappa shape index (κ1) is 71.7. The number of hydrogen-bond donors (Lipinski definition) is 5. The molecule has 2 aliphatic rings. The molecule has 0 radical (unpaired) electrons. The summed E-state index contributed by atoms with van der Waals surface area (Å²) in [6, 6.07) is 4.72. The maximum absolute atomic E-state index is 15.8. The zero-order valence-corrected chi connectivity index (χ0v) is 53.7. The highest BCUT2D eigenvalue weighted by Crippen LogP contribution is 2.68. The molecule has 2 aliphatic carbocycles. The van der Waals surface area contributed by atoms with E-state index in [1.807, 2.05) is 5.32 Å². The van der Waals surface area contributed by atoms with Gasteiger partial charge >= 0.3 is 31.9 Å². The molecule has 506 valence electrons. The van der Waals surface area contributed by atoms with Crippen molar-refractivity contribution in [3.8, 4) is 28.7 Å². The molecule has 8 rings (SSSR count). The first-order valence-corrected chi connectivity index (χ1v) is 33.8. The molecule has 22 nitrogen and oxygen atoms in total. The van der Waals surface area contributed by atoms with Gasteiger partial charge in [0.2, 0.25) is 27.7 Å². The lowest BCUT2D eigenvalue weighted by Crippen LogP contribution is -2.43. The van der Waals surface area contributed by atoms with Gasteiger partial charge in [-0.05, 0) is 98.5 Å². The van der Waals surface area contributed by atoms with Gasteiger partial charge in [-0.2, -0.15) is 49.6 Å². The van der Waals surface area contributed by atoms with Crippen LogP contribution in [0, 0.1) is 36.3 Å². The number of aromatic nitrogens is 5. The van der Waals surface area contributed by atoms with Crippen LogP contribution in [0.3, 0.4) is 0 Å². The standard InChI is InChI=1S/C58H56ClF10N8O14PS2/c1-27-15-29(20-41(78)72-39(53(83)84)23-44(81)82)47(40(16-27)91-92(6,85)86)54(2,3)24-43(80)77(94(8,89)90)52-46-37(59)12-11-34(49(46)76(74-52)26-56(62,63)64)33-10-9-32(13-14-55(4,5)93(7,87)88)70-48(33)38(19-28-17-30(60)21-31(61)18-28)71-42(79)25-75-51-45(50(73-75)58(67,68)69)35-22-36(35)57(51,65)66/h9-12,15-18,21,35-36,38-39H,19-20,22-26H2,1-8H3,(H,71,79)(H,72,78)(H,81,82)(H,83,84)(H,85,86)/t35-,36+,38-,39-/m0/s1. The summed E-state index contributed by atoms with van der Waals surface area (Å²) in [5.74, 6) is -13.2. The van der Waals surface area contributed by atoms with E-state index in [0.717, 1.165) is 49.3 Å². The van der Waals surface area contributed by atoms with Crippen LogP contribution in [0.2, 0.25) is 5.02 Å². The molecular formula is C58H56ClF10N8O14PS2. The zero-order valence-electron chi connectivity index (χ0n) is 50.4. The maximum atomic E-state index is 15.8. The predicted molar refractivity (Wildman–Crippen MR) is 316 cm³/mol. The Balaban J connectivity index is 1.34. The van der Waals surface area contributed by atoms with Gasteiger partial charge in [-0.1, -0.05) is 43.5 Å². The molecule has 5 N–H and O–H groups in total. The molecule has 0 spiro atoms. The van der Waals surface area contributed by atoms with Crippen molar-refractivity contribution in [1.29, 1.82) is 0 Å². The van der Waals surface area contributed by atoms with Gasteiger partial charge in [-0.25, -0.2) is 40.0 Å². The molecule has 3 aromatic carbocycles. The average molecular weight is 1410 g/mol. The van der Waals surface area contributed by atoms with Crippen LogP contribution in [0.4, 0.5) is 49.7 Å². The fourth-order valence-electron chi connectivity index (χ4n) is 11.2. The van der Waals surface area contributed by atoms with Gasteiger partial charge in [0.15, 0.2) is 21.3 Å². The number of nitrogens with one attached hydrogen (secondary N) is 2. The minimum Gasteiger partial charge on any atom is -0.481 e. The van der Waals surface area contributed by atoms with Crippen molar-refractivity contribution in [2.75, 3.05) is 23.5 Å². The Hall–Kier alpha value is -8.12.